The predicted molar refractivity (Wildman–Crippen MR) is 97.6 cm³/mol. The number of urea groups is 1. The number of amides is 2. The van der Waals surface area contributed by atoms with Crippen molar-refractivity contribution in [1.29, 1.82) is 0 Å². The minimum Gasteiger partial charge on any atom is -0.384 e. The molecule has 7 heteroatoms. The van der Waals surface area contributed by atoms with E-state index < -0.39 is 0 Å². The number of carbonyl (C=O) groups is 1. The summed E-state index contributed by atoms with van der Waals surface area (Å²) < 4.78 is 20.1. The molecule has 0 radical (unpaired) electrons. The molecule has 1 aliphatic rings. The van der Waals surface area contributed by atoms with Crippen molar-refractivity contribution in [1.82, 2.24) is 14.7 Å². The van der Waals surface area contributed by atoms with Gasteiger partial charge in [-0.25, -0.2) is 9.18 Å². The number of rotatable bonds is 6. The highest BCUT2D eigenvalue weighted by atomic mass is 19.1. The number of methoxy groups -OCH3 is 1. The molecule has 140 valence electrons. The van der Waals surface area contributed by atoms with E-state index in [1.54, 1.807) is 24.9 Å². The third-order valence-corrected chi connectivity index (χ3v) is 4.73. The topological polar surface area (TPSA) is 59.4 Å². The third kappa shape index (κ3) is 4.40. The SMILES string of the molecule is COCCc1cc(NC(=O)N2CCCC2Cc2cccc(F)c2)n(C)n1. The zero-order chi connectivity index (χ0) is 18.5. The second-order valence-electron chi connectivity index (χ2n) is 6.64. The number of benzene rings is 1. The van der Waals surface area contributed by atoms with Crippen LogP contribution in [0.25, 0.3) is 0 Å². The predicted octanol–water partition coefficient (Wildman–Crippen LogP) is 2.99. The maximum absolute atomic E-state index is 13.4. The Balaban J connectivity index is 1.64. The van der Waals surface area contributed by atoms with E-state index in [4.69, 9.17) is 4.74 Å². The van der Waals surface area contributed by atoms with E-state index in [2.05, 4.69) is 10.4 Å². The summed E-state index contributed by atoms with van der Waals surface area (Å²) in [7, 11) is 3.46. The van der Waals surface area contributed by atoms with Crippen molar-refractivity contribution >= 4 is 11.8 Å². The molecule has 1 fully saturated rings. The first-order valence-corrected chi connectivity index (χ1v) is 8.90. The van der Waals surface area contributed by atoms with Gasteiger partial charge in [0.2, 0.25) is 0 Å². The van der Waals surface area contributed by atoms with Crippen LogP contribution < -0.4 is 5.32 Å². The Bertz CT molecular complexity index is 762. The first kappa shape index (κ1) is 18.4. The number of hydrogen-bond acceptors (Lipinski definition) is 3. The van der Waals surface area contributed by atoms with E-state index >= 15 is 0 Å². The van der Waals surface area contributed by atoms with E-state index in [0.717, 1.165) is 24.1 Å². The number of ether oxygens (including phenoxy) is 1. The molecule has 2 aromatic rings. The normalized spacial score (nSPS) is 16.9. The molecule has 1 unspecified atom stereocenters. The number of likely N-dealkylation sites (tertiary alicyclic amines) is 1. The summed E-state index contributed by atoms with van der Waals surface area (Å²) in [5, 5.41) is 7.33. The van der Waals surface area contributed by atoms with Gasteiger partial charge in [-0.3, -0.25) is 10.00 Å². The quantitative estimate of drug-likeness (QED) is 0.862. The molecule has 0 saturated carbocycles. The minimum atomic E-state index is -0.241. The Morgan fingerprint density at radius 2 is 2.27 bits per heavy atom. The van der Waals surface area contributed by atoms with Gasteiger partial charge in [-0.2, -0.15) is 5.10 Å². The molecule has 1 aliphatic heterocycles. The third-order valence-electron chi connectivity index (χ3n) is 4.73. The van der Waals surface area contributed by atoms with Crippen LogP contribution in [0.15, 0.2) is 30.3 Å². The van der Waals surface area contributed by atoms with Crippen molar-refractivity contribution in [3.8, 4) is 0 Å². The van der Waals surface area contributed by atoms with E-state index in [9.17, 15) is 9.18 Å². The number of nitrogens with zero attached hydrogens (tertiary/aromatic N) is 3. The Morgan fingerprint density at radius 1 is 1.42 bits per heavy atom. The van der Waals surface area contributed by atoms with Crippen molar-refractivity contribution in [2.75, 3.05) is 25.6 Å². The monoisotopic (exact) mass is 360 g/mol. The van der Waals surface area contributed by atoms with Crippen LogP contribution >= 0.6 is 0 Å². The van der Waals surface area contributed by atoms with Crippen molar-refractivity contribution in [2.45, 2.75) is 31.7 Å². The molecule has 1 N–H and O–H groups in total. The first-order chi connectivity index (χ1) is 12.6. The molecule has 3 rings (SSSR count). The molecule has 0 aliphatic carbocycles. The van der Waals surface area contributed by atoms with Crippen LogP contribution in [0, 0.1) is 5.82 Å². The van der Waals surface area contributed by atoms with E-state index in [0.29, 0.717) is 31.8 Å². The Kier molecular flexibility index (Phi) is 5.88. The second-order valence-corrected chi connectivity index (χ2v) is 6.64. The molecular formula is C19H25FN4O2. The van der Waals surface area contributed by atoms with E-state index in [1.807, 2.05) is 17.0 Å². The van der Waals surface area contributed by atoms with E-state index in [1.165, 1.54) is 12.1 Å². The molecule has 2 heterocycles. The number of carbonyl (C=O) groups excluding carboxylic acids is 1. The van der Waals surface area contributed by atoms with Crippen molar-refractivity contribution in [3.63, 3.8) is 0 Å². The lowest BCUT2D eigenvalue weighted by Crippen LogP contribution is -2.40. The molecule has 0 spiro atoms. The highest BCUT2D eigenvalue weighted by Crippen LogP contribution is 2.23. The van der Waals surface area contributed by atoms with Gasteiger partial charge in [0.05, 0.1) is 12.3 Å². The molecule has 1 atom stereocenters. The second kappa shape index (κ2) is 8.31. The van der Waals surface area contributed by atoms with E-state index in [-0.39, 0.29) is 17.9 Å². The molecule has 2 amide bonds. The lowest BCUT2D eigenvalue weighted by Gasteiger charge is -2.25. The zero-order valence-electron chi connectivity index (χ0n) is 15.2. The van der Waals surface area contributed by atoms with Crippen LogP contribution in [0.1, 0.15) is 24.1 Å². The van der Waals surface area contributed by atoms with Crippen LogP contribution in [0.3, 0.4) is 0 Å². The van der Waals surface area contributed by atoms with Crippen molar-refractivity contribution in [3.05, 3.63) is 47.4 Å². The maximum atomic E-state index is 13.4. The van der Waals surface area contributed by atoms with Gasteiger partial charge in [-0.1, -0.05) is 12.1 Å². The molecule has 0 bridgehead atoms. The number of anilines is 1. The smallest absolute Gasteiger partial charge is 0.323 e. The molecular weight excluding hydrogens is 335 g/mol. The summed E-state index contributed by atoms with van der Waals surface area (Å²) in [5.41, 5.74) is 1.79. The van der Waals surface area contributed by atoms with Gasteiger partial charge in [-0.05, 0) is 37.0 Å². The van der Waals surface area contributed by atoms with Crippen LogP contribution in [0.4, 0.5) is 15.0 Å². The van der Waals surface area contributed by atoms with Crippen molar-refractivity contribution in [2.24, 2.45) is 7.05 Å². The summed E-state index contributed by atoms with van der Waals surface area (Å²) in [6.07, 6.45) is 3.24. The Labute approximate surface area is 152 Å². The zero-order valence-corrected chi connectivity index (χ0v) is 15.2. The number of aromatic nitrogens is 2. The largest absolute Gasteiger partial charge is 0.384 e. The first-order valence-electron chi connectivity index (χ1n) is 8.90. The van der Waals surface area contributed by atoms with Gasteiger partial charge < -0.3 is 9.64 Å². The van der Waals surface area contributed by atoms with Gasteiger partial charge in [0, 0.05) is 39.2 Å². The van der Waals surface area contributed by atoms with Crippen LogP contribution in [0.2, 0.25) is 0 Å². The average Bonchev–Trinajstić information content (AvgIpc) is 3.20. The lowest BCUT2D eigenvalue weighted by atomic mass is 10.0. The molecule has 1 saturated heterocycles. The fraction of sp³-hybridized carbons (Fsp3) is 0.474. The van der Waals surface area contributed by atoms with Crippen LogP contribution in [-0.2, 0) is 24.6 Å². The Morgan fingerprint density at radius 3 is 3.04 bits per heavy atom. The average molecular weight is 360 g/mol. The minimum absolute atomic E-state index is 0.0815. The number of aryl methyl sites for hydroxylation is 1. The summed E-state index contributed by atoms with van der Waals surface area (Å²) in [5.74, 6) is 0.424. The number of halogens is 1. The van der Waals surface area contributed by atoms with Crippen molar-refractivity contribution < 1.29 is 13.9 Å². The molecule has 6 nitrogen and oxygen atoms in total. The number of nitrogens with one attached hydrogen (secondary N) is 1. The lowest BCUT2D eigenvalue weighted by molar-refractivity contribution is 0.201. The van der Waals surface area contributed by atoms with Crippen LogP contribution in [-0.4, -0.2) is 47.0 Å². The summed E-state index contributed by atoms with van der Waals surface area (Å²) >= 11 is 0. The summed E-state index contributed by atoms with van der Waals surface area (Å²) in [4.78, 5) is 14.6. The maximum Gasteiger partial charge on any atom is 0.323 e. The number of hydrogen-bond donors (Lipinski definition) is 1. The van der Waals surface area contributed by atoms with Crippen LogP contribution in [0.5, 0.6) is 0 Å². The standard InChI is InChI=1S/C19H25FN4O2/c1-23-18(13-16(22-23)8-10-26-2)21-19(25)24-9-4-7-17(24)12-14-5-3-6-15(20)11-14/h3,5-6,11,13,17H,4,7-10,12H2,1-2H3,(H,21,25). The molecule has 1 aromatic heterocycles. The highest BCUT2D eigenvalue weighted by molar-refractivity contribution is 5.89. The fourth-order valence-electron chi connectivity index (χ4n) is 3.41. The molecule has 1 aromatic carbocycles. The van der Waals surface area contributed by atoms with Gasteiger partial charge in [0.15, 0.2) is 0 Å². The Hall–Kier alpha value is -2.41. The van der Waals surface area contributed by atoms with Gasteiger partial charge >= 0.3 is 6.03 Å². The highest BCUT2D eigenvalue weighted by Gasteiger charge is 2.29. The summed E-state index contributed by atoms with van der Waals surface area (Å²) in [6.45, 7) is 1.30. The fourth-order valence-corrected chi connectivity index (χ4v) is 3.41. The molecule has 26 heavy (non-hydrogen) atoms. The van der Waals surface area contributed by atoms with Gasteiger partial charge in [-0.15, -0.1) is 0 Å². The van der Waals surface area contributed by atoms with Gasteiger partial charge in [0.25, 0.3) is 0 Å². The summed E-state index contributed by atoms with van der Waals surface area (Å²) in [6, 6.07) is 8.41. The van der Waals surface area contributed by atoms with Gasteiger partial charge in [0.1, 0.15) is 11.6 Å².